The average Bonchev–Trinajstić information content (AvgIpc) is 3.02. The van der Waals surface area contributed by atoms with Gasteiger partial charge in [-0.25, -0.2) is 18.4 Å². The molecule has 2 N–H and O–H groups in total. The van der Waals surface area contributed by atoms with E-state index in [0.29, 0.717) is 13.1 Å². The number of benzene rings is 1. The number of halogens is 2. The smallest absolute Gasteiger partial charge is 0.414 e. The number of nitrogens with one attached hydrogen (secondary N) is 2. The molecule has 180 valence electrons. The number of amides is 3. The Balaban J connectivity index is 1.37. The molecular formula is C22H28F2N4O5. The van der Waals surface area contributed by atoms with E-state index in [9.17, 15) is 23.2 Å². The summed E-state index contributed by atoms with van der Waals surface area (Å²) < 4.78 is 40.3. The summed E-state index contributed by atoms with van der Waals surface area (Å²) >= 11 is 0. The Hall–Kier alpha value is -3.11. The van der Waals surface area contributed by atoms with Crippen molar-refractivity contribution in [1.29, 1.82) is 0 Å². The summed E-state index contributed by atoms with van der Waals surface area (Å²) in [6, 6.07) is 2.16. The fourth-order valence-electron chi connectivity index (χ4n) is 4.47. The Morgan fingerprint density at radius 1 is 1.15 bits per heavy atom. The maximum atomic E-state index is 14.9. The zero-order valence-electron chi connectivity index (χ0n) is 19.0. The number of fused-ring (bicyclic) bond motifs is 1. The number of alkyl carbamates (subject to hydrolysis) is 1. The molecular weight excluding hydrogens is 438 g/mol. The molecule has 0 radical (unpaired) electrons. The van der Waals surface area contributed by atoms with Gasteiger partial charge in [0, 0.05) is 50.0 Å². The van der Waals surface area contributed by atoms with Crippen molar-refractivity contribution in [1.82, 2.24) is 10.6 Å². The molecule has 1 aliphatic carbocycles. The van der Waals surface area contributed by atoms with Gasteiger partial charge in [0.15, 0.2) is 11.6 Å². The molecule has 0 spiro atoms. The first kappa shape index (κ1) is 23.1. The first-order valence-corrected chi connectivity index (χ1v) is 10.9. The van der Waals surface area contributed by atoms with Gasteiger partial charge in [-0.05, 0) is 20.8 Å². The Bertz CT molecular complexity index is 947. The zero-order valence-corrected chi connectivity index (χ0v) is 19.0. The summed E-state index contributed by atoms with van der Waals surface area (Å²) in [5, 5.41) is 5.38. The van der Waals surface area contributed by atoms with E-state index < -0.39 is 35.5 Å². The van der Waals surface area contributed by atoms with Gasteiger partial charge in [0.05, 0.1) is 18.8 Å². The van der Waals surface area contributed by atoms with E-state index in [4.69, 9.17) is 9.47 Å². The molecule has 2 saturated heterocycles. The van der Waals surface area contributed by atoms with Crippen molar-refractivity contribution in [3.8, 4) is 0 Å². The van der Waals surface area contributed by atoms with Crippen LogP contribution in [-0.4, -0.2) is 62.0 Å². The Kier molecular flexibility index (Phi) is 5.83. The van der Waals surface area contributed by atoms with Crippen LogP contribution < -0.4 is 20.4 Å². The summed E-state index contributed by atoms with van der Waals surface area (Å²) in [5.74, 6) is -1.63. The van der Waals surface area contributed by atoms with Gasteiger partial charge in [0.25, 0.3) is 0 Å². The van der Waals surface area contributed by atoms with Crippen LogP contribution in [0.2, 0.25) is 0 Å². The molecule has 9 nitrogen and oxygen atoms in total. The molecule has 4 atom stereocenters. The molecule has 3 amide bonds. The van der Waals surface area contributed by atoms with Crippen LogP contribution in [0.5, 0.6) is 0 Å². The predicted molar refractivity (Wildman–Crippen MR) is 115 cm³/mol. The van der Waals surface area contributed by atoms with Crippen molar-refractivity contribution in [2.75, 3.05) is 36.0 Å². The maximum Gasteiger partial charge on any atom is 0.414 e. The minimum Gasteiger partial charge on any atom is -0.444 e. The summed E-state index contributed by atoms with van der Waals surface area (Å²) in [4.78, 5) is 37.9. The third kappa shape index (κ3) is 4.96. The van der Waals surface area contributed by atoms with Crippen LogP contribution in [-0.2, 0) is 14.3 Å². The molecule has 0 bridgehead atoms. The van der Waals surface area contributed by atoms with Gasteiger partial charge in [-0.15, -0.1) is 0 Å². The van der Waals surface area contributed by atoms with E-state index in [0.717, 1.165) is 17.0 Å². The molecule has 1 unspecified atom stereocenters. The average molecular weight is 466 g/mol. The SMILES string of the molecule is CC(=O)NC[C@H]1CN(c2cc(F)c(N3C[C@@H]4C(NC(=O)OC(C)(C)C)[C@@H]4C3)c(F)c2)C(=O)O1. The maximum absolute atomic E-state index is 14.9. The summed E-state index contributed by atoms with van der Waals surface area (Å²) in [7, 11) is 0. The normalized spacial score (nSPS) is 26.1. The van der Waals surface area contributed by atoms with Crippen molar-refractivity contribution in [2.45, 2.75) is 45.4 Å². The van der Waals surface area contributed by atoms with Gasteiger partial charge in [0.1, 0.15) is 17.4 Å². The molecule has 3 aliphatic rings. The Morgan fingerprint density at radius 2 is 1.76 bits per heavy atom. The standard InChI is InChI=1S/C22H28F2N4O5/c1-11(29)25-7-13-8-28(21(31)32-13)12-5-16(23)19(17(24)6-12)27-9-14-15(10-27)18(14)26-20(30)33-22(2,3)4/h5-6,13-15,18H,7-10H2,1-4H3,(H,25,29)(H,26,30)/t13-,14-,15+,18?/m0/s1. The number of carbonyl (C=O) groups excluding carboxylic acids is 3. The van der Waals surface area contributed by atoms with Crippen molar-refractivity contribution < 1.29 is 32.6 Å². The topological polar surface area (TPSA) is 100 Å². The van der Waals surface area contributed by atoms with Gasteiger partial charge >= 0.3 is 12.2 Å². The number of hydrogen-bond donors (Lipinski definition) is 2. The largest absolute Gasteiger partial charge is 0.444 e. The number of anilines is 2. The van der Waals surface area contributed by atoms with E-state index in [1.54, 1.807) is 25.7 Å². The van der Waals surface area contributed by atoms with Crippen molar-refractivity contribution in [2.24, 2.45) is 11.8 Å². The van der Waals surface area contributed by atoms with Gasteiger partial charge in [-0.2, -0.15) is 0 Å². The highest BCUT2D eigenvalue weighted by Crippen LogP contribution is 2.48. The van der Waals surface area contributed by atoms with Crippen LogP contribution in [0.1, 0.15) is 27.7 Å². The fraction of sp³-hybridized carbons (Fsp3) is 0.591. The number of hydrogen-bond acceptors (Lipinski definition) is 6. The van der Waals surface area contributed by atoms with E-state index in [1.165, 1.54) is 6.92 Å². The fourth-order valence-corrected chi connectivity index (χ4v) is 4.47. The van der Waals surface area contributed by atoms with E-state index >= 15 is 0 Å². The van der Waals surface area contributed by atoms with Crippen LogP contribution in [0.15, 0.2) is 12.1 Å². The van der Waals surface area contributed by atoms with Crippen LogP contribution in [0.3, 0.4) is 0 Å². The third-order valence-corrected chi connectivity index (χ3v) is 5.96. The Morgan fingerprint density at radius 3 is 2.30 bits per heavy atom. The number of cyclic esters (lactones) is 1. The van der Waals surface area contributed by atoms with Gasteiger partial charge < -0.3 is 25.0 Å². The number of piperidine rings is 1. The minimum absolute atomic E-state index is 0.0536. The quantitative estimate of drug-likeness (QED) is 0.691. The lowest BCUT2D eigenvalue weighted by Gasteiger charge is -2.25. The lowest BCUT2D eigenvalue weighted by atomic mass is 10.2. The molecule has 11 heteroatoms. The number of nitrogens with zero attached hydrogens (tertiary/aromatic N) is 2. The molecule has 2 aliphatic heterocycles. The second-order valence-corrected chi connectivity index (χ2v) is 9.72. The second kappa shape index (κ2) is 8.35. The van der Waals surface area contributed by atoms with Crippen molar-refractivity contribution >= 4 is 29.5 Å². The molecule has 1 aromatic carbocycles. The highest BCUT2D eigenvalue weighted by molar-refractivity contribution is 5.90. The monoisotopic (exact) mass is 466 g/mol. The lowest BCUT2D eigenvalue weighted by molar-refractivity contribution is -0.119. The molecule has 1 saturated carbocycles. The first-order valence-electron chi connectivity index (χ1n) is 10.9. The molecule has 2 heterocycles. The first-order chi connectivity index (χ1) is 15.4. The van der Waals surface area contributed by atoms with Gasteiger partial charge in [-0.3, -0.25) is 9.69 Å². The summed E-state index contributed by atoms with van der Waals surface area (Å²) in [6.07, 6.45) is -1.83. The highest BCUT2D eigenvalue weighted by atomic mass is 19.1. The van der Waals surface area contributed by atoms with Crippen molar-refractivity contribution in [3.63, 3.8) is 0 Å². The van der Waals surface area contributed by atoms with E-state index in [2.05, 4.69) is 10.6 Å². The molecule has 0 aromatic heterocycles. The van der Waals surface area contributed by atoms with Crippen LogP contribution in [0, 0.1) is 23.5 Å². The highest BCUT2D eigenvalue weighted by Gasteiger charge is 2.57. The van der Waals surface area contributed by atoms with Gasteiger partial charge in [-0.1, -0.05) is 0 Å². The summed E-state index contributed by atoms with van der Waals surface area (Å²) in [5.41, 5.74) is -0.693. The van der Waals surface area contributed by atoms with Crippen molar-refractivity contribution in [3.05, 3.63) is 23.8 Å². The molecule has 33 heavy (non-hydrogen) atoms. The Labute approximate surface area is 190 Å². The van der Waals surface area contributed by atoms with Crippen LogP contribution in [0.4, 0.5) is 29.7 Å². The minimum atomic E-state index is -0.777. The lowest BCUT2D eigenvalue weighted by Crippen LogP contribution is -2.38. The molecule has 3 fully saturated rings. The third-order valence-electron chi connectivity index (χ3n) is 5.96. The predicted octanol–water partition coefficient (Wildman–Crippen LogP) is 2.39. The van der Waals surface area contributed by atoms with Crippen LogP contribution >= 0.6 is 0 Å². The van der Waals surface area contributed by atoms with E-state index in [-0.39, 0.29) is 48.2 Å². The number of carbonyl (C=O) groups is 3. The second-order valence-electron chi connectivity index (χ2n) is 9.72. The number of ether oxygens (including phenoxy) is 2. The molecule has 4 rings (SSSR count). The zero-order chi connectivity index (χ0) is 24.1. The van der Waals surface area contributed by atoms with Gasteiger partial charge in [0.2, 0.25) is 5.91 Å². The molecule has 1 aromatic rings. The van der Waals surface area contributed by atoms with Crippen LogP contribution in [0.25, 0.3) is 0 Å². The number of rotatable bonds is 5. The van der Waals surface area contributed by atoms with E-state index in [1.807, 2.05) is 0 Å². The summed E-state index contributed by atoms with van der Waals surface area (Å²) in [6.45, 7) is 7.69.